The molecule has 2 heterocycles. The Morgan fingerprint density at radius 1 is 1.40 bits per heavy atom. The quantitative estimate of drug-likeness (QED) is 0.833. The van der Waals surface area contributed by atoms with Crippen molar-refractivity contribution in [3.63, 3.8) is 0 Å². The molecule has 0 saturated heterocycles. The molecular weight excluding hydrogens is 194 g/mol. The van der Waals surface area contributed by atoms with Crippen LogP contribution in [0.3, 0.4) is 0 Å². The summed E-state index contributed by atoms with van der Waals surface area (Å²) < 4.78 is 10.3. The molecule has 0 spiro atoms. The molecule has 0 aliphatic heterocycles. The number of rotatable bonds is 4. The van der Waals surface area contributed by atoms with E-state index in [2.05, 4.69) is 15.5 Å². The van der Waals surface area contributed by atoms with E-state index in [9.17, 15) is 0 Å². The lowest BCUT2D eigenvalue weighted by atomic mass is 10.2. The van der Waals surface area contributed by atoms with Crippen molar-refractivity contribution in [1.82, 2.24) is 10.2 Å². The van der Waals surface area contributed by atoms with E-state index in [4.69, 9.17) is 8.83 Å². The fourth-order valence-electron chi connectivity index (χ4n) is 1.11. The minimum atomic E-state index is 0.252. The van der Waals surface area contributed by atoms with Crippen LogP contribution in [-0.2, 0) is 6.54 Å². The Morgan fingerprint density at radius 3 is 2.87 bits per heavy atom. The highest BCUT2D eigenvalue weighted by atomic mass is 16.4. The van der Waals surface area contributed by atoms with Crippen molar-refractivity contribution in [3.05, 3.63) is 30.0 Å². The molecule has 0 bridgehead atoms. The van der Waals surface area contributed by atoms with Gasteiger partial charge < -0.3 is 14.2 Å². The third-order valence-electron chi connectivity index (χ3n) is 1.96. The lowest BCUT2D eigenvalue weighted by Crippen LogP contribution is -1.97. The number of hydrogen-bond donors (Lipinski definition) is 1. The smallest absolute Gasteiger partial charge is 0.315 e. The van der Waals surface area contributed by atoms with Gasteiger partial charge >= 0.3 is 6.01 Å². The Balaban J connectivity index is 1.94. The molecule has 1 N–H and O–H groups in total. The lowest BCUT2D eigenvalue weighted by Gasteiger charge is -1.97. The fourth-order valence-corrected chi connectivity index (χ4v) is 1.11. The molecule has 2 aromatic heterocycles. The van der Waals surface area contributed by atoms with E-state index in [1.54, 1.807) is 12.5 Å². The third kappa shape index (κ3) is 2.37. The van der Waals surface area contributed by atoms with E-state index in [-0.39, 0.29) is 5.92 Å². The van der Waals surface area contributed by atoms with Crippen LogP contribution in [0.25, 0.3) is 0 Å². The molecule has 0 aliphatic rings. The van der Waals surface area contributed by atoms with Gasteiger partial charge in [-0.3, -0.25) is 0 Å². The summed E-state index contributed by atoms with van der Waals surface area (Å²) >= 11 is 0. The van der Waals surface area contributed by atoms with Crippen LogP contribution in [0.4, 0.5) is 6.01 Å². The van der Waals surface area contributed by atoms with Crippen LogP contribution in [0.15, 0.2) is 27.4 Å². The van der Waals surface area contributed by atoms with Crippen molar-refractivity contribution in [1.29, 1.82) is 0 Å². The maximum Gasteiger partial charge on any atom is 0.315 e. The van der Waals surface area contributed by atoms with Gasteiger partial charge in [-0.05, 0) is 6.07 Å². The van der Waals surface area contributed by atoms with Crippen molar-refractivity contribution in [3.8, 4) is 0 Å². The first-order valence-corrected chi connectivity index (χ1v) is 4.84. The number of nitrogens with one attached hydrogen (secondary N) is 1. The average Bonchev–Trinajstić information content (AvgIpc) is 2.86. The second-order valence-electron chi connectivity index (χ2n) is 3.59. The molecule has 5 heteroatoms. The van der Waals surface area contributed by atoms with E-state index in [1.165, 1.54) is 0 Å². The summed E-state index contributed by atoms with van der Waals surface area (Å²) in [6, 6.07) is 2.33. The molecule has 80 valence electrons. The minimum absolute atomic E-state index is 0.252. The van der Waals surface area contributed by atoms with Gasteiger partial charge in [0.25, 0.3) is 0 Å². The Labute approximate surface area is 87.5 Å². The number of nitrogens with zero attached hydrogens (tertiary/aromatic N) is 2. The zero-order valence-electron chi connectivity index (χ0n) is 8.73. The molecule has 0 atom stereocenters. The van der Waals surface area contributed by atoms with Gasteiger partial charge in [-0.25, -0.2) is 0 Å². The zero-order valence-corrected chi connectivity index (χ0v) is 8.73. The molecular formula is C10H13N3O2. The Hall–Kier alpha value is -1.78. The normalized spacial score (nSPS) is 10.9. The van der Waals surface area contributed by atoms with E-state index >= 15 is 0 Å². The van der Waals surface area contributed by atoms with Crippen molar-refractivity contribution in [2.45, 2.75) is 26.3 Å². The molecule has 0 aliphatic carbocycles. The molecule has 5 nitrogen and oxygen atoms in total. The zero-order chi connectivity index (χ0) is 10.7. The largest absolute Gasteiger partial charge is 0.472 e. The number of hydrogen-bond acceptors (Lipinski definition) is 5. The van der Waals surface area contributed by atoms with E-state index < -0.39 is 0 Å². The Morgan fingerprint density at radius 2 is 2.27 bits per heavy atom. The molecule has 2 aromatic rings. The summed E-state index contributed by atoms with van der Waals surface area (Å²) in [5.41, 5.74) is 1.04. The number of aromatic nitrogens is 2. The predicted molar refractivity (Wildman–Crippen MR) is 54.4 cm³/mol. The first kappa shape index (κ1) is 9.76. The molecule has 2 rings (SSSR count). The molecule has 15 heavy (non-hydrogen) atoms. The molecule has 0 unspecified atom stereocenters. The standard InChI is InChI=1S/C10H13N3O2/c1-7(2)9-12-13-10(15-9)11-5-8-3-4-14-6-8/h3-4,6-7H,5H2,1-2H3,(H,11,13). The van der Waals surface area contributed by atoms with Gasteiger partial charge in [-0.2, -0.15) is 0 Å². The van der Waals surface area contributed by atoms with E-state index in [1.807, 2.05) is 19.9 Å². The van der Waals surface area contributed by atoms with Crippen molar-refractivity contribution in [2.24, 2.45) is 0 Å². The number of anilines is 1. The number of furan rings is 1. The van der Waals surface area contributed by atoms with Gasteiger partial charge in [0.2, 0.25) is 5.89 Å². The molecule has 0 radical (unpaired) electrons. The Kier molecular flexibility index (Phi) is 2.71. The average molecular weight is 207 g/mol. The molecule has 0 fully saturated rings. The van der Waals surface area contributed by atoms with Gasteiger partial charge in [-0.15, -0.1) is 5.10 Å². The van der Waals surface area contributed by atoms with Crippen LogP contribution >= 0.6 is 0 Å². The van der Waals surface area contributed by atoms with Crippen molar-refractivity contribution in [2.75, 3.05) is 5.32 Å². The summed E-state index contributed by atoms with van der Waals surface area (Å²) in [7, 11) is 0. The van der Waals surface area contributed by atoms with Crippen LogP contribution in [0.5, 0.6) is 0 Å². The fraction of sp³-hybridized carbons (Fsp3) is 0.400. The van der Waals surface area contributed by atoms with Gasteiger partial charge in [0, 0.05) is 18.0 Å². The first-order valence-electron chi connectivity index (χ1n) is 4.84. The summed E-state index contributed by atoms with van der Waals surface area (Å²) in [4.78, 5) is 0. The predicted octanol–water partition coefficient (Wildman–Crippen LogP) is 2.40. The van der Waals surface area contributed by atoms with Crippen LogP contribution in [0, 0.1) is 0 Å². The lowest BCUT2D eigenvalue weighted by molar-refractivity contribution is 0.480. The van der Waals surface area contributed by atoms with Gasteiger partial charge in [0.15, 0.2) is 0 Å². The highest BCUT2D eigenvalue weighted by molar-refractivity contribution is 5.21. The highest BCUT2D eigenvalue weighted by Crippen LogP contribution is 2.15. The third-order valence-corrected chi connectivity index (χ3v) is 1.96. The minimum Gasteiger partial charge on any atom is -0.472 e. The van der Waals surface area contributed by atoms with E-state index in [0.29, 0.717) is 18.5 Å². The molecule has 0 amide bonds. The van der Waals surface area contributed by atoms with Crippen molar-refractivity contribution < 1.29 is 8.83 Å². The van der Waals surface area contributed by atoms with Crippen LogP contribution in [-0.4, -0.2) is 10.2 Å². The summed E-state index contributed by atoms with van der Waals surface area (Å²) in [5, 5.41) is 10.8. The second-order valence-corrected chi connectivity index (χ2v) is 3.59. The second kappa shape index (κ2) is 4.16. The van der Waals surface area contributed by atoms with E-state index in [0.717, 1.165) is 5.56 Å². The maximum absolute atomic E-state index is 5.38. The SMILES string of the molecule is CC(C)c1nnc(NCc2ccoc2)o1. The maximum atomic E-state index is 5.38. The topological polar surface area (TPSA) is 64.1 Å². The molecule has 0 aromatic carbocycles. The Bertz CT molecular complexity index is 406. The van der Waals surface area contributed by atoms with Gasteiger partial charge in [0.05, 0.1) is 12.5 Å². The van der Waals surface area contributed by atoms with Gasteiger partial charge in [0.1, 0.15) is 0 Å². The monoisotopic (exact) mass is 207 g/mol. The van der Waals surface area contributed by atoms with Crippen LogP contribution < -0.4 is 5.32 Å². The summed E-state index contributed by atoms with van der Waals surface area (Å²) in [6.07, 6.45) is 3.30. The first-order chi connectivity index (χ1) is 7.25. The van der Waals surface area contributed by atoms with Crippen molar-refractivity contribution >= 4 is 6.01 Å². The molecule has 0 saturated carbocycles. The van der Waals surface area contributed by atoms with Crippen LogP contribution in [0.2, 0.25) is 0 Å². The van der Waals surface area contributed by atoms with Crippen LogP contribution in [0.1, 0.15) is 31.2 Å². The summed E-state index contributed by atoms with van der Waals surface area (Å²) in [5.74, 6) is 0.895. The van der Waals surface area contributed by atoms with Gasteiger partial charge in [-0.1, -0.05) is 18.9 Å². The summed E-state index contributed by atoms with van der Waals surface area (Å²) in [6.45, 7) is 4.64. The highest BCUT2D eigenvalue weighted by Gasteiger charge is 2.08.